The van der Waals surface area contributed by atoms with Gasteiger partial charge in [-0.25, -0.2) is 4.98 Å². The third-order valence-corrected chi connectivity index (χ3v) is 4.36. The van der Waals surface area contributed by atoms with Gasteiger partial charge in [0.2, 0.25) is 5.91 Å². The Balaban J connectivity index is 1.70. The predicted molar refractivity (Wildman–Crippen MR) is 72.6 cm³/mol. The molecule has 1 amide bonds. The van der Waals surface area contributed by atoms with Gasteiger partial charge < -0.3 is 9.88 Å². The maximum Gasteiger partial charge on any atom is 0.240 e. The number of aromatic amines is 1. The second-order valence-corrected chi connectivity index (χ2v) is 5.70. The average molecular weight is 262 g/mol. The number of fused-ring (bicyclic) bond motifs is 1. The van der Waals surface area contributed by atoms with Crippen LogP contribution in [-0.4, -0.2) is 39.4 Å². The van der Waals surface area contributed by atoms with Crippen LogP contribution in [0, 0.1) is 0 Å². The zero-order chi connectivity index (χ0) is 13.2. The number of nitrogens with one attached hydrogen (secondary N) is 2. The number of carbonyl (C=O) groups is 1. The molecule has 0 spiro atoms. The molecule has 2 aliphatic rings. The van der Waals surface area contributed by atoms with Crippen molar-refractivity contribution < 1.29 is 4.79 Å². The molecule has 5 heteroatoms. The number of aromatic nitrogens is 2. The van der Waals surface area contributed by atoms with Crippen molar-refractivity contribution >= 4 is 5.91 Å². The SMILES string of the molecule is CC1CCCCCN1C(=O)C1Cc2nc[nH]c2CN1. The van der Waals surface area contributed by atoms with E-state index in [-0.39, 0.29) is 11.9 Å². The van der Waals surface area contributed by atoms with Crippen LogP contribution in [-0.2, 0) is 17.8 Å². The van der Waals surface area contributed by atoms with Crippen LogP contribution < -0.4 is 5.32 Å². The minimum atomic E-state index is -0.101. The van der Waals surface area contributed by atoms with Gasteiger partial charge in [-0.05, 0) is 19.8 Å². The van der Waals surface area contributed by atoms with Crippen molar-refractivity contribution in [2.75, 3.05) is 6.54 Å². The van der Waals surface area contributed by atoms with E-state index in [1.165, 1.54) is 12.8 Å². The third kappa shape index (κ3) is 2.52. The van der Waals surface area contributed by atoms with Crippen molar-refractivity contribution in [3.63, 3.8) is 0 Å². The lowest BCUT2D eigenvalue weighted by atomic mass is 10.0. The molecule has 0 aliphatic carbocycles. The van der Waals surface area contributed by atoms with Crippen LogP contribution in [0.1, 0.15) is 44.0 Å². The number of nitrogens with zero attached hydrogens (tertiary/aromatic N) is 2. The van der Waals surface area contributed by atoms with E-state index in [9.17, 15) is 4.79 Å². The lowest BCUT2D eigenvalue weighted by Gasteiger charge is -2.32. The molecule has 3 rings (SSSR count). The normalized spacial score (nSPS) is 27.7. The molecule has 0 aromatic carbocycles. The Kier molecular flexibility index (Phi) is 3.55. The average Bonchev–Trinajstić information content (AvgIpc) is 2.79. The standard InChI is InChI=1S/C14H22N4O/c1-10-5-3-2-4-6-18(10)14(19)12-7-11-13(8-15-12)17-9-16-11/h9-10,12,15H,2-8H2,1H3,(H,16,17). The maximum atomic E-state index is 12.7. The number of amides is 1. The van der Waals surface area contributed by atoms with Gasteiger partial charge in [0.05, 0.1) is 23.8 Å². The number of carbonyl (C=O) groups excluding carboxylic acids is 1. The van der Waals surface area contributed by atoms with Gasteiger partial charge in [-0.3, -0.25) is 10.1 Å². The molecule has 104 valence electrons. The Bertz CT molecular complexity index is 456. The van der Waals surface area contributed by atoms with Crippen LogP contribution in [0.2, 0.25) is 0 Å². The van der Waals surface area contributed by atoms with Gasteiger partial charge in [-0.1, -0.05) is 12.8 Å². The van der Waals surface area contributed by atoms with E-state index in [0.717, 1.165) is 30.8 Å². The van der Waals surface area contributed by atoms with Crippen LogP contribution in [0.5, 0.6) is 0 Å². The fourth-order valence-electron chi connectivity index (χ4n) is 3.15. The molecule has 0 bridgehead atoms. The molecule has 1 aromatic heterocycles. The highest BCUT2D eigenvalue weighted by Gasteiger charge is 2.31. The van der Waals surface area contributed by atoms with Crippen LogP contribution in [0.3, 0.4) is 0 Å². The van der Waals surface area contributed by atoms with E-state index in [1.54, 1.807) is 6.33 Å². The monoisotopic (exact) mass is 262 g/mol. The molecule has 0 radical (unpaired) electrons. The number of imidazole rings is 1. The summed E-state index contributed by atoms with van der Waals surface area (Å²) in [6.07, 6.45) is 7.18. The van der Waals surface area contributed by atoms with Crippen LogP contribution in [0.15, 0.2) is 6.33 Å². The van der Waals surface area contributed by atoms with Crippen molar-refractivity contribution in [1.29, 1.82) is 0 Å². The largest absolute Gasteiger partial charge is 0.347 e. The first-order valence-corrected chi connectivity index (χ1v) is 7.30. The summed E-state index contributed by atoms with van der Waals surface area (Å²) >= 11 is 0. The highest BCUT2D eigenvalue weighted by molar-refractivity contribution is 5.82. The van der Waals surface area contributed by atoms with E-state index < -0.39 is 0 Å². The molecule has 2 unspecified atom stereocenters. The molecule has 2 N–H and O–H groups in total. The lowest BCUT2D eigenvalue weighted by Crippen LogP contribution is -2.52. The maximum absolute atomic E-state index is 12.7. The van der Waals surface area contributed by atoms with Crippen LogP contribution in [0.4, 0.5) is 0 Å². The van der Waals surface area contributed by atoms with Crippen LogP contribution in [0.25, 0.3) is 0 Å². The molecule has 5 nitrogen and oxygen atoms in total. The molecular formula is C14H22N4O. The zero-order valence-corrected chi connectivity index (χ0v) is 11.5. The van der Waals surface area contributed by atoms with Gasteiger partial charge in [0.25, 0.3) is 0 Å². The Morgan fingerprint density at radius 2 is 2.32 bits per heavy atom. The molecule has 19 heavy (non-hydrogen) atoms. The van der Waals surface area contributed by atoms with Gasteiger partial charge in [-0.15, -0.1) is 0 Å². The van der Waals surface area contributed by atoms with Gasteiger partial charge in [0, 0.05) is 25.6 Å². The summed E-state index contributed by atoms with van der Waals surface area (Å²) in [5, 5.41) is 3.34. The minimum Gasteiger partial charge on any atom is -0.347 e. The minimum absolute atomic E-state index is 0.101. The number of hydrogen-bond donors (Lipinski definition) is 2. The third-order valence-electron chi connectivity index (χ3n) is 4.36. The Hall–Kier alpha value is -1.36. The second kappa shape index (κ2) is 5.33. The van der Waals surface area contributed by atoms with Crippen LogP contribution >= 0.6 is 0 Å². The molecule has 0 saturated carbocycles. The van der Waals surface area contributed by atoms with Gasteiger partial charge in [0.1, 0.15) is 0 Å². The Morgan fingerprint density at radius 1 is 1.42 bits per heavy atom. The van der Waals surface area contributed by atoms with E-state index >= 15 is 0 Å². The van der Waals surface area contributed by atoms with Gasteiger partial charge in [0.15, 0.2) is 0 Å². The first-order chi connectivity index (χ1) is 9.25. The van der Waals surface area contributed by atoms with Gasteiger partial charge >= 0.3 is 0 Å². The van der Waals surface area contributed by atoms with Crippen molar-refractivity contribution in [2.24, 2.45) is 0 Å². The number of H-pyrrole nitrogens is 1. The topological polar surface area (TPSA) is 61.0 Å². The predicted octanol–water partition coefficient (Wildman–Crippen LogP) is 1.22. The van der Waals surface area contributed by atoms with E-state index in [0.29, 0.717) is 19.0 Å². The Morgan fingerprint density at radius 3 is 3.21 bits per heavy atom. The summed E-state index contributed by atoms with van der Waals surface area (Å²) < 4.78 is 0. The summed E-state index contributed by atoms with van der Waals surface area (Å²) in [6, 6.07) is 0.272. The number of likely N-dealkylation sites (tertiary alicyclic amines) is 1. The summed E-state index contributed by atoms with van der Waals surface area (Å²) in [5.74, 6) is 0.253. The van der Waals surface area contributed by atoms with Crippen molar-refractivity contribution in [3.05, 3.63) is 17.7 Å². The first kappa shape index (κ1) is 12.7. The van der Waals surface area contributed by atoms with Crippen molar-refractivity contribution in [2.45, 2.75) is 57.7 Å². The van der Waals surface area contributed by atoms with E-state index in [4.69, 9.17) is 0 Å². The van der Waals surface area contributed by atoms with Crippen molar-refractivity contribution in [1.82, 2.24) is 20.2 Å². The molecule has 1 aromatic rings. The quantitative estimate of drug-likeness (QED) is 0.800. The molecule has 3 heterocycles. The fourth-order valence-corrected chi connectivity index (χ4v) is 3.15. The molecule has 2 atom stereocenters. The molecular weight excluding hydrogens is 240 g/mol. The lowest BCUT2D eigenvalue weighted by molar-refractivity contribution is -0.135. The highest BCUT2D eigenvalue weighted by Crippen LogP contribution is 2.20. The zero-order valence-electron chi connectivity index (χ0n) is 11.5. The van der Waals surface area contributed by atoms with E-state index in [1.807, 2.05) is 0 Å². The van der Waals surface area contributed by atoms with E-state index in [2.05, 4.69) is 27.1 Å². The molecule has 2 aliphatic heterocycles. The Labute approximate surface area is 113 Å². The van der Waals surface area contributed by atoms with Gasteiger partial charge in [-0.2, -0.15) is 0 Å². The molecule has 1 saturated heterocycles. The number of rotatable bonds is 1. The first-order valence-electron chi connectivity index (χ1n) is 7.30. The number of hydrogen-bond acceptors (Lipinski definition) is 3. The second-order valence-electron chi connectivity index (χ2n) is 5.70. The smallest absolute Gasteiger partial charge is 0.240 e. The summed E-state index contributed by atoms with van der Waals surface area (Å²) in [5.41, 5.74) is 2.16. The fraction of sp³-hybridized carbons (Fsp3) is 0.714. The summed E-state index contributed by atoms with van der Waals surface area (Å²) in [4.78, 5) is 22.2. The summed E-state index contributed by atoms with van der Waals surface area (Å²) in [6.45, 7) is 3.80. The summed E-state index contributed by atoms with van der Waals surface area (Å²) in [7, 11) is 0. The van der Waals surface area contributed by atoms with Crippen molar-refractivity contribution in [3.8, 4) is 0 Å². The highest BCUT2D eigenvalue weighted by atomic mass is 16.2. The molecule has 1 fully saturated rings.